The van der Waals surface area contributed by atoms with Crippen molar-refractivity contribution >= 4 is 39.7 Å². The number of Topliss-reactive ketones (excluding diaryl/α,β-unsaturated/α-hetero) is 1. The molecule has 10 heteroatoms. The van der Waals surface area contributed by atoms with Crippen LogP contribution in [0.5, 0.6) is 17.2 Å². The van der Waals surface area contributed by atoms with E-state index in [0.29, 0.717) is 50.9 Å². The molecule has 1 aliphatic carbocycles. The van der Waals surface area contributed by atoms with Crippen LogP contribution in [0, 0.1) is 6.92 Å². The molecule has 2 atom stereocenters. The summed E-state index contributed by atoms with van der Waals surface area (Å²) >= 11 is 0. The van der Waals surface area contributed by atoms with E-state index in [1.165, 1.54) is 0 Å². The maximum Gasteiger partial charge on any atom is 0.471 e. The summed E-state index contributed by atoms with van der Waals surface area (Å²) < 4.78 is 33.4. The fourth-order valence-electron chi connectivity index (χ4n) is 7.26. The molecule has 1 aliphatic heterocycles. The Morgan fingerprint density at radius 2 is 1.55 bits per heavy atom. The Hall–Kier alpha value is -3.03. The summed E-state index contributed by atoms with van der Waals surface area (Å²) in [5, 5.41) is 11.2. The molecule has 0 unspecified atom stereocenters. The number of aliphatic hydroxyl groups is 1. The first-order valence-electron chi connectivity index (χ1n) is 17.2. The summed E-state index contributed by atoms with van der Waals surface area (Å²) in [5.41, 5.74) is 3.65. The van der Waals surface area contributed by atoms with Crippen molar-refractivity contribution in [3.05, 3.63) is 63.7 Å². The Balaban J connectivity index is 1.84. The summed E-state index contributed by atoms with van der Waals surface area (Å²) in [5.74, 6) is 1.40. The third-order valence-electron chi connectivity index (χ3n) is 10.8. The van der Waals surface area contributed by atoms with Crippen LogP contribution in [0.4, 0.5) is 0 Å². The van der Waals surface area contributed by atoms with Crippen LogP contribution >= 0.6 is 0 Å². The number of hydrogen-bond donors (Lipinski definition) is 1. The molecule has 0 spiro atoms. The van der Waals surface area contributed by atoms with Crippen molar-refractivity contribution in [1.82, 2.24) is 0 Å². The lowest BCUT2D eigenvalue weighted by molar-refractivity contribution is -0.000319. The minimum Gasteiger partial charge on any atom is -0.510 e. The smallest absolute Gasteiger partial charge is 0.471 e. The maximum absolute atomic E-state index is 15.0. The van der Waals surface area contributed by atoms with Gasteiger partial charge in [-0.2, -0.15) is 0 Å². The summed E-state index contributed by atoms with van der Waals surface area (Å²) in [6.07, 6.45) is -0.259. The lowest BCUT2D eigenvalue weighted by Gasteiger charge is -2.51. The number of aryl methyl sites for hydroxylation is 1. The third kappa shape index (κ3) is 6.18. The van der Waals surface area contributed by atoms with E-state index in [1.807, 2.05) is 37.3 Å². The minimum absolute atomic E-state index is 0.144. The number of ketones is 1. The number of aldehydes is 1. The van der Waals surface area contributed by atoms with Gasteiger partial charge in [-0.25, -0.2) is 0 Å². The largest absolute Gasteiger partial charge is 0.510 e. The molecule has 5 rings (SSSR count). The van der Waals surface area contributed by atoms with Gasteiger partial charge in [-0.05, 0) is 65.3 Å². The molecular weight excluding hydrogens is 653 g/mol. The molecule has 0 fully saturated rings. The molecule has 3 aromatic rings. The summed E-state index contributed by atoms with van der Waals surface area (Å²) in [6.45, 7) is 25.2. The van der Waals surface area contributed by atoms with E-state index in [1.54, 1.807) is 7.11 Å². The van der Waals surface area contributed by atoms with Crippen LogP contribution in [0.1, 0.15) is 118 Å². The molecule has 266 valence electrons. The normalized spacial score (nSPS) is 19.3. The van der Waals surface area contributed by atoms with E-state index in [0.717, 1.165) is 23.2 Å². The summed E-state index contributed by atoms with van der Waals surface area (Å²) in [6, 6.07) is 9.60. The minimum atomic E-state index is -3.36. The molecule has 0 aromatic heterocycles. The van der Waals surface area contributed by atoms with Crippen molar-refractivity contribution in [2.45, 2.75) is 129 Å². The van der Waals surface area contributed by atoms with Gasteiger partial charge in [0.2, 0.25) is 0 Å². The highest BCUT2D eigenvalue weighted by Gasteiger charge is 2.65. The number of aliphatic hydroxyl groups excluding tert-OH is 1. The van der Waals surface area contributed by atoms with E-state index >= 15 is 4.79 Å². The van der Waals surface area contributed by atoms with E-state index in [4.69, 9.17) is 22.8 Å². The van der Waals surface area contributed by atoms with Crippen LogP contribution in [-0.2, 0) is 22.4 Å². The zero-order chi connectivity index (χ0) is 36.5. The molecule has 0 radical (unpaired) electrons. The molecule has 0 bridgehead atoms. The third-order valence-corrected chi connectivity index (χ3v) is 20.2. The van der Waals surface area contributed by atoms with Gasteiger partial charge in [-0.15, -0.1) is 0 Å². The number of carbonyl (C=O) groups excluding carboxylic acids is 2. The highest BCUT2D eigenvalue weighted by molar-refractivity contribution is 6.75. The van der Waals surface area contributed by atoms with Gasteiger partial charge in [0.05, 0.1) is 42.9 Å². The first-order valence-corrected chi connectivity index (χ1v) is 21.9. The molecule has 1 N–H and O–H groups in total. The SMILES string of the molecule is COc1ccc(CO[C@H]2C[C@H](O[Si](C)(C)C(C)(C)C)C(=O)c3c2c(CO)c2cc(C)c(C=O)c4c2c3O[Si](C(C)(C)C)(C(C)(C)C)O4)cc1. The summed E-state index contributed by atoms with van der Waals surface area (Å²) in [7, 11) is -4.16. The van der Waals surface area contributed by atoms with Gasteiger partial charge in [0.25, 0.3) is 0 Å². The summed E-state index contributed by atoms with van der Waals surface area (Å²) in [4.78, 5) is 27.8. The van der Waals surface area contributed by atoms with Crippen molar-refractivity contribution in [3.63, 3.8) is 0 Å². The van der Waals surface area contributed by atoms with Crippen LogP contribution in [0.3, 0.4) is 0 Å². The number of hydrogen-bond acceptors (Lipinski definition) is 8. The van der Waals surface area contributed by atoms with E-state index in [2.05, 4.69) is 75.4 Å². The zero-order valence-electron chi connectivity index (χ0n) is 31.5. The molecule has 2 aliphatic rings. The van der Waals surface area contributed by atoms with Gasteiger partial charge in [0.15, 0.2) is 20.4 Å². The Kier molecular flexibility index (Phi) is 9.60. The molecule has 8 nitrogen and oxygen atoms in total. The quantitative estimate of drug-likeness (QED) is 0.183. The second-order valence-corrected chi connectivity index (χ2v) is 26.6. The Morgan fingerprint density at radius 1 is 0.959 bits per heavy atom. The van der Waals surface area contributed by atoms with E-state index < -0.39 is 39.2 Å². The van der Waals surface area contributed by atoms with Gasteiger partial charge in [-0.3, -0.25) is 9.59 Å². The van der Waals surface area contributed by atoms with Crippen molar-refractivity contribution in [1.29, 1.82) is 0 Å². The Morgan fingerprint density at radius 3 is 2.06 bits per heavy atom. The van der Waals surface area contributed by atoms with Crippen molar-refractivity contribution in [2.75, 3.05) is 7.11 Å². The second-order valence-electron chi connectivity index (χ2n) is 17.2. The fraction of sp³-hybridized carbons (Fsp3) is 0.538. The molecule has 0 amide bonds. The van der Waals surface area contributed by atoms with E-state index in [9.17, 15) is 9.90 Å². The molecule has 49 heavy (non-hydrogen) atoms. The van der Waals surface area contributed by atoms with Crippen molar-refractivity contribution < 1.29 is 37.4 Å². The maximum atomic E-state index is 15.0. The zero-order valence-corrected chi connectivity index (χ0v) is 33.5. The number of ether oxygens (including phenoxy) is 2. The van der Waals surface area contributed by atoms with Gasteiger partial charge in [0, 0.05) is 22.1 Å². The fourth-order valence-corrected chi connectivity index (χ4v) is 13.0. The predicted molar refractivity (Wildman–Crippen MR) is 198 cm³/mol. The second kappa shape index (κ2) is 12.6. The lowest BCUT2D eigenvalue weighted by Crippen LogP contribution is -2.63. The van der Waals surface area contributed by atoms with Gasteiger partial charge in [-0.1, -0.05) is 74.4 Å². The first kappa shape index (κ1) is 37.2. The van der Waals surface area contributed by atoms with E-state index in [-0.39, 0.29) is 24.0 Å². The van der Waals surface area contributed by atoms with Crippen molar-refractivity contribution in [3.8, 4) is 17.2 Å². The number of methoxy groups -OCH3 is 1. The van der Waals surface area contributed by atoms with Crippen LogP contribution in [-0.4, -0.2) is 47.3 Å². The Bertz CT molecular complexity index is 1760. The molecule has 3 aromatic carbocycles. The van der Waals surface area contributed by atoms with Crippen LogP contribution in [0.15, 0.2) is 30.3 Å². The molecule has 0 saturated heterocycles. The van der Waals surface area contributed by atoms with Gasteiger partial charge < -0.3 is 27.9 Å². The molecule has 0 saturated carbocycles. The van der Waals surface area contributed by atoms with Crippen molar-refractivity contribution in [2.24, 2.45) is 0 Å². The molecular formula is C39H54O8Si2. The monoisotopic (exact) mass is 706 g/mol. The number of carbonyl (C=O) groups is 2. The number of rotatable bonds is 8. The van der Waals surface area contributed by atoms with Crippen LogP contribution < -0.4 is 13.6 Å². The standard InChI is InChI=1S/C39H54O8Si2/c1-23-18-26-28(21-41)31-29(44-22-24-14-16-25(43-11)17-15-24)19-30(45-48(12,13)37(2,3)4)34(42)33(31)36-32(26)35(27(23)20-40)46-49(47-36,38(5,6)7)39(8,9)10/h14-18,20,29-30,41H,19,21-22H2,1-13H3/t29-,30-/m0/s1. The average molecular weight is 707 g/mol. The number of fused-ring (bicyclic) bond motifs is 2. The lowest BCUT2D eigenvalue weighted by atomic mass is 9.79. The average Bonchev–Trinajstić information content (AvgIpc) is 3.00. The van der Waals surface area contributed by atoms with Gasteiger partial charge >= 0.3 is 8.56 Å². The number of benzene rings is 3. The van der Waals surface area contributed by atoms with Gasteiger partial charge in [0.1, 0.15) is 23.4 Å². The highest BCUT2D eigenvalue weighted by Crippen LogP contribution is 2.60. The molecule has 1 heterocycles. The Labute approximate surface area is 293 Å². The van der Waals surface area contributed by atoms with Crippen LogP contribution in [0.2, 0.25) is 28.2 Å². The van der Waals surface area contributed by atoms with Crippen LogP contribution in [0.25, 0.3) is 10.8 Å². The highest BCUT2D eigenvalue weighted by atomic mass is 28.4. The predicted octanol–water partition coefficient (Wildman–Crippen LogP) is 9.51. The first-order chi connectivity index (χ1) is 22.6. The topological polar surface area (TPSA) is 101 Å².